The highest BCUT2D eigenvalue weighted by Gasteiger charge is 2.35. The van der Waals surface area contributed by atoms with Crippen LogP contribution in [0.4, 0.5) is 4.39 Å². The first kappa shape index (κ1) is 14.5. The van der Waals surface area contributed by atoms with Crippen molar-refractivity contribution in [1.29, 1.82) is 0 Å². The summed E-state index contributed by atoms with van der Waals surface area (Å²) in [4.78, 5) is 27.7. The van der Waals surface area contributed by atoms with Crippen LogP contribution in [0, 0.1) is 12.7 Å². The molecule has 0 spiro atoms. The Morgan fingerprint density at radius 1 is 1.35 bits per heavy atom. The predicted molar refractivity (Wildman–Crippen MR) is 73.9 cm³/mol. The van der Waals surface area contributed by atoms with E-state index in [-0.39, 0.29) is 17.6 Å². The number of likely N-dealkylation sites (tertiary alicyclic amines) is 1. The molecule has 0 radical (unpaired) electrons. The molecule has 1 heterocycles. The van der Waals surface area contributed by atoms with Crippen molar-refractivity contribution in [1.82, 2.24) is 9.80 Å². The van der Waals surface area contributed by atoms with Gasteiger partial charge in [0.05, 0.1) is 0 Å². The number of benzene rings is 1. The van der Waals surface area contributed by atoms with E-state index in [0.29, 0.717) is 24.1 Å². The predicted octanol–water partition coefficient (Wildman–Crippen LogP) is 1.83. The molecule has 0 N–H and O–H groups in total. The lowest BCUT2D eigenvalue weighted by Gasteiger charge is -2.26. The average Bonchev–Trinajstić information content (AvgIpc) is 2.89. The Morgan fingerprint density at radius 3 is 2.65 bits per heavy atom. The monoisotopic (exact) mass is 278 g/mol. The molecule has 1 fully saturated rings. The second-order valence-corrected chi connectivity index (χ2v) is 5.35. The number of rotatable bonds is 2. The number of hydrogen-bond donors (Lipinski definition) is 0. The lowest BCUT2D eigenvalue weighted by molar-refractivity contribution is -0.132. The molecule has 0 saturated carbocycles. The summed E-state index contributed by atoms with van der Waals surface area (Å²) in [6, 6.07) is 3.90. The van der Waals surface area contributed by atoms with Crippen LogP contribution in [0.1, 0.15) is 28.8 Å². The van der Waals surface area contributed by atoms with Crippen molar-refractivity contribution >= 4 is 11.8 Å². The summed E-state index contributed by atoms with van der Waals surface area (Å²) >= 11 is 0. The molecule has 2 amide bonds. The van der Waals surface area contributed by atoms with Gasteiger partial charge in [-0.05, 0) is 43.5 Å². The van der Waals surface area contributed by atoms with E-state index < -0.39 is 6.04 Å². The van der Waals surface area contributed by atoms with E-state index in [0.717, 1.165) is 6.42 Å². The number of carbonyl (C=O) groups excluding carboxylic acids is 2. The van der Waals surface area contributed by atoms with E-state index in [1.165, 1.54) is 23.1 Å². The molecule has 1 atom stereocenters. The number of carbonyl (C=O) groups is 2. The Balaban J connectivity index is 2.23. The lowest BCUT2D eigenvalue weighted by atomic mass is 10.1. The highest BCUT2D eigenvalue weighted by atomic mass is 19.1. The van der Waals surface area contributed by atoms with Gasteiger partial charge in [0.15, 0.2) is 0 Å². The smallest absolute Gasteiger partial charge is 0.254 e. The van der Waals surface area contributed by atoms with Crippen molar-refractivity contribution in [2.24, 2.45) is 0 Å². The Bertz CT molecular complexity index is 543. The third kappa shape index (κ3) is 2.66. The molecule has 1 aliphatic heterocycles. The third-order valence-electron chi connectivity index (χ3n) is 3.64. The largest absolute Gasteiger partial charge is 0.347 e. The Kier molecular flexibility index (Phi) is 4.06. The summed E-state index contributed by atoms with van der Waals surface area (Å²) in [5.74, 6) is -0.593. The van der Waals surface area contributed by atoms with E-state index in [9.17, 15) is 14.0 Å². The van der Waals surface area contributed by atoms with Crippen molar-refractivity contribution < 1.29 is 14.0 Å². The normalized spacial score (nSPS) is 18.2. The summed E-state index contributed by atoms with van der Waals surface area (Å²) in [6.07, 6.45) is 1.50. The van der Waals surface area contributed by atoms with Gasteiger partial charge in [-0.1, -0.05) is 0 Å². The fourth-order valence-corrected chi connectivity index (χ4v) is 2.51. The fourth-order valence-electron chi connectivity index (χ4n) is 2.51. The minimum atomic E-state index is -0.400. The summed E-state index contributed by atoms with van der Waals surface area (Å²) in [6.45, 7) is 2.19. The Morgan fingerprint density at radius 2 is 2.05 bits per heavy atom. The molecule has 5 heteroatoms. The molecule has 1 aliphatic rings. The van der Waals surface area contributed by atoms with Crippen molar-refractivity contribution in [3.63, 3.8) is 0 Å². The zero-order valence-electron chi connectivity index (χ0n) is 12.0. The molecule has 1 unspecified atom stereocenters. The molecule has 1 aromatic rings. The molecule has 1 saturated heterocycles. The number of aryl methyl sites for hydroxylation is 1. The van der Waals surface area contributed by atoms with Crippen LogP contribution in [0.2, 0.25) is 0 Å². The van der Waals surface area contributed by atoms with Gasteiger partial charge in [0.25, 0.3) is 5.91 Å². The highest BCUT2D eigenvalue weighted by Crippen LogP contribution is 2.22. The Labute approximate surface area is 118 Å². The maximum atomic E-state index is 13.3. The minimum Gasteiger partial charge on any atom is -0.347 e. The van der Waals surface area contributed by atoms with Gasteiger partial charge in [-0.2, -0.15) is 0 Å². The number of amides is 2. The quantitative estimate of drug-likeness (QED) is 0.828. The van der Waals surface area contributed by atoms with Gasteiger partial charge in [0.2, 0.25) is 5.91 Å². The van der Waals surface area contributed by atoms with Crippen molar-refractivity contribution in [3.05, 3.63) is 35.1 Å². The summed E-state index contributed by atoms with van der Waals surface area (Å²) in [7, 11) is 3.37. The zero-order chi connectivity index (χ0) is 14.9. The van der Waals surface area contributed by atoms with Crippen LogP contribution in [0.5, 0.6) is 0 Å². The number of halogens is 1. The van der Waals surface area contributed by atoms with E-state index in [1.807, 2.05) is 0 Å². The molecule has 0 aliphatic carbocycles. The molecular weight excluding hydrogens is 259 g/mol. The van der Waals surface area contributed by atoms with Crippen LogP contribution in [0.3, 0.4) is 0 Å². The number of nitrogens with zero attached hydrogens (tertiary/aromatic N) is 2. The average molecular weight is 278 g/mol. The maximum absolute atomic E-state index is 13.3. The summed E-state index contributed by atoms with van der Waals surface area (Å²) < 4.78 is 13.3. The van der Waals surface area contributed by atoms with E-state index in [1.54, 1.807) is 25.9 Å². The second-order valence-electron chi connectivity index (χ2n) is 5.35. The van der Waals surface area contributed by atoms with Crippen LogP contribution >= 0.6 is 0 Å². The molecule has 2 rings (SSSR count). The molecule has 1 aromatic carbocycles. The summed E-state index contributed by atoms with van der Waals surface area (Å²) in [5, 5.41) is 0. The topological polar surface area (TPSA) is 40.6 Å². The second kappa shape index (κ2) is 5.61. The van der Waals surface area contributed by atoms with Gasteiger partial charge in [-0.15, -0.1) is 0 Å². The minimum absolute atomic E-state index is 0.0605. The van der Waals surface area contributed by atoms with Gasteiger partial charge in [0.1, 0.15) is 11.9 Å². The Hall–Kier alpha value is -1.91. The van der Waals surface area contributed by atoms with Crippen molar-refractivity contribution in [3.8, 4) is 0 Å². The first-order valence-corrected chi connectivity index (χ1v) is 6.70. The first-order chi connectivity index (χ1) is 9.41. The number of likely N-dealkylation sites (N-methyl/N-ethyl adjacent to an activating group) is 1. The first-order valence-electron chi connectivity index (χ1n) is 6.70. The standard InChI is InChI=1S/C15H19FN2O2/c1-10-9-11(6-7-12(10)16)14(19)18-8-4-5-13(18)15(20)17(2)3/h6-7,9,13H,4-5,8H2,1-3H3. The van der Waals surface area contributed by atoms with Crippen LogP contribution in [-0.2, 0) is 4.79 Å². The zero-order valence-corrected chi connectivity index (χ0v) is 12.0. The van der Waals surface area contributed by atoms with Crippen LogP contribution in [0.25, 0.3) is 0 Å². The molecule has 108 valence electrons. The molecule has 20 heavy (non-hydrogen) atoms. The van der Waals surface area contributed by atoms with E-state index >= 15 is 0 Å². The van der Waals surface area contributed by atoms with Crippen molar-refractivity contribution in [2.75, 3.05) is 20.6 Å². The van der Waals surface area contributed by atoms with Crippen LogP contribution in [-0.4, -0.2) is 48.3 Å². The molecule has 0 bridgehead atoms. The van der Waals surface area contributed by atoms with Gasteiger partial charge < -0.3 is 9.80 Å². The fraction of sp³-hybridized carbons (Fsp3) is 0.467. The van der Waals surface area contributed by atoms with E-state index in [2.05, 4.69) is 0 Å². The van der Waals surface area contributed by atoms with E-state index in [4.69, 9.17) is 0 Å². The van der Waals surface area contributed by atoms with Crippen molar-refractivity contribution in [2.45, 2.75) is 25.8 Å². The molecule has 4 nitrogen and oxygen atoms in total. The molecule has 0 aromatic heterocycles. The molecular formula is C15H19FN2O2. The maximum Gasteiger partial charge on any atom is 0.254 e. The van der Waals surface area contributed by atoms with Gasteiger partial charge in [0, 0.05) is 26.2 Å². The lowest BCUT2D eigenvalue weighted by Crippen LogP contribution is -2.45. The van der Waals surface area contributed by atoms with Crippen LogP contribution in [0.15, 0.2) is 18.2 Å². The van der Waals surface area contributed by atoms with Gasteiger partial charge in [-0.3, -0.25) is 9.59 Å². The van der Waals surface area contributed by atoms with Crippen LogP contribution < -0.4 is 0 Å². The SMILES string of the molecule is Cc1cc(C(=O)N2CCCC2C(=O)N(C)C)ccc1F. The van der Waals surface area contributed by atoms with Gasteiger partial charge >= 0.3 is 0 Å². The van der Waals surface area contributed by atoms with Gasteiger partial charge in [-0.25, -0.2) is 4.39 Å². The third-order valence-corrected chi connectivity index (χ3v) is 3.64. The highest BCUT2D eigenvalue weighted by molar-refractivity contribution is 5.98. The number of hydrogen-bond acceptors (Lipinski definition) is 2. The summed E-state index contributed by atoms with van der Waals surface area (Å²) in [5.41, 5.74) is 0.868.